The Morgan fingerprint density at radius 2 is 1.82 bits per heavy atom. The summed E-state index contributed by atoms with van der Waals surface area (Å²) in [6.45, 7) is 0. The highest BCUT2D eigenvalue weighted by molar-refractivity contribution is 5.13. The van der Waals surface area contributed by atoms with E-state index < -0.39 is 5.72 Å². The number of rotatable bonds is 0. The summed E-state index contributed by atoms with van der Waals surface area (Å²) in [7, 11) is 0. The molecular weight excluding hydrogens is 218 g/mol. The monoisotopic (exact) mass is 239 g/mol. The molecule has 4 rings (SSSR count). The first-order valence-corrected chi connectivity index (χ1v) is 6.98. The SMILES string of the molecule is ON1C23CCCCC2NC2CCCCC21ON3. The van der Waals surface area contributed by atoms with Crippen LogP contribution in [0.15, 0.2) is 0 Å². The van der Waals surface area contributed by atoms with Gasteiger partial charge in [-0.3, -0.25) is 4.84 Å². The minimum Gasteiger partial charge on any atom is -0.309 e. The highest BCUT2D eigenvalue weighted by Crippen LogP contribution is 2.49. The molecule has 4 fully saturated rings. The highest BCUT2D eigenvalue weighted by Gasteiger charge is 2.67. The zero-order chi connectivity index (χ0) is 11.5. The predicted molar refractivity (Wildman–Crippen MR) is 61.0 cm³/mol. The number of hydrogen-bond acceptors (Lipinski definition) is 5. The Morgan fingerprint density at radius 3 is 2.71 bits per heavy atom. The van der Waals surface area contributed by atoms with Crippen molar-refractivity contribution < 1.29 is 10.0 Å². The maximum atomic E-state index is 10.7. The fourth-order valence-corrected chi connectivity index (χ4v) is 4.31. The molecule has 0 aromatic rings. The van der Waals surface area contributed by atoms with Crippen molar-refractivity contribution in [2.75, 3.05) is 0 Å². The molecule has 2 saturated carbocycles. The largest absolute Gasteiger partial charge is 0.309 e. The summed E-state index contributed by atoms with van der Waals surface area (Å²) in [6, 6.07) is 0.590. The van der Waals surface area contributed by atoms with Crippen molar-refractivity contribution in [2.24, 2.45) is 0 Å². The molecule has 2 aliphatic carbocycles. The van der Waals surface area contributed by atoms with Crippen LogP contribution in [0.5, 0.6) is 0 Å². The smallest absolute Gasteiger partial charge is 0.181 e. The van der Waals surface area contributed by atoms with Crippen molar-refractivity contribution in [1.29, 1.82) is 0 Å². The maximum Gasteiger partial charge on any atom is 0.181 e. The highest BCUT2D eigenvalue weighted by atomic mass is 16.8. The van der Waals surface area contributed by atoms with Gasteiger partial charge in [0.25, 0.3) is 0 Å². The van der Waals surface area contributed by atoms with Crippen molar-refractivity contribution in [3.8, 4) is 0 Å². The lowest BCUT2D eigenvalue weighted by Gasteiger charge is -2.55. The lowest BCUT2D eigenvalue weighted by Crippen LogP contribution is -2.76. The van der Waals surface area contributed by atoms with Crippen LogP contribution in [0.1, 0.15) is 51.4 Å². The molecule has 0 aromatic carbocycles. The van der Waals surface area contributed by atoms with Gasteiger partial charge in [0.05, 0.1) is 6.04 Å². The average Bonchev–Trinajstić information content (AvgIpc) is 2.57. The summed E-state index contributed by atoms with van der Waals surface area (Å²) >= 11 is 0. The molecule has 2 saturated heterocycles. The van der Waals surface area contributed by atoms with E-state index in [4.69, 9.17) is 4.84 Å². The molecule has 2 spiro atoms. The number of piperazine rings is 1. The zero-order valence-electron chi connectivity index (χ0n) is 10.1. The van der Waals surface area contributed by atoms with Crippen LogP contribution >= 0.6 is 0 Å². The lowest BCUT2D eigenvalue weighted by atomic mass is 9.76. The Balaban J connectivity index is 1.75. The number of hydroxylamine groups is 3. The molecule has 5 heteroatoms. The fourth-order valence-electron chi connectivity index (χ4n) is 4.31. The molecule has 4 unspecified atom stereocenters. The zero-order valence-corrected chi connectivity index (χ0v) is 10.1. The standard InChI is InChI=1S/C12H21N3O2/c16-15-11-7-3-1-5-9(11)13-10-6-2-4-8-12(10,15)17-14-11/h9-10,13-14,16H,1-8H2. The summed E-state index contributed by atoms with van der Waals surface area (Å²) in [6.07, 6.45) is 8.89. The Morgan fingerprint density at radius 1 is 1.06 bits per heavy atom. The van der Waals surface area contributed by atoms with E-state index >= 15 is 0 Å². The van der Waals surface area contributed by atoms with Crippen molar-refractivity contribution in [3.05, 3.63) is 0 Å². The van der Waals surface area contributed by atoms with Gasteiger partial charge in [-0.2, -0.15) is 5.48 Å². The second kappa shape index (κ2) is 3.42. The van der Waals surface area contributed by atoms with Crippen molar-refractivity contribution in [3.63, 3.8) is 0 Å². The predicted octanol–water partition coefficient (Wildman–Crippen LogP) is 1.09. The molecule has 5 nitrogen and oxygen atoms in total. The first-order valence-electron chi connectivity index (χ1n) is 6.98. The number of nitrogens with one attached hydrogen (secondary N) is 2. The molecular formula is C12H21N3O2. The maximum absolute atomic E-state index is 10.7. The van der Waals surface area contributed by atoms with Gasteiger partial charge in [0.2, 0.25) is 0 Å². The molecule has 4 aliphatic rings. The van der Waals surface area contributed by atoms with Gasteiger partial charge in [-0.25, -0.2) is 0 Å². The normalized spacial score (nSPS) is 54.2. The van der Waals surface area contributed by atoms with Crippen molar-refractivity contribution in [2.45, 2.75) is 74.8 Å². The van der Waals surface area contributed by atoms with Crippen LogP contribution in [0.4, 0.5) is 0 Å². The van der Waals surface area contributed by atoms with E-state index in [1.54, 1.807) is 5.06 Å². The van der Waals surface area contributed by atoms with Gasteiger partial charge in [-0.05, 0) is 38.5 Å². The van der Waals surface area contributed by atoms with Crippen molar-refractivity contribution >= 4 is 0 Å². The van der Waals surface area contributed by atoms with E-state index in [0.717, 1.165) is 38.5 Å². The Bertz CT molecular complexity index is 310. The second-order valence-electron chi connectivity index (χ2n) is 6.05. The first-order chi connectivity index (χ1) is 8.28. The summed E-state index contributed by atoms with van der Waals surface area (Å²) in [5, 5.41) is 16.0. The Labute approximate surface area is 101 Å². The Hall–Kier alpha value is -0.200. The molecule has 2 heterocycles. The summed E-state index contributed by atoms with van der Waals surface area (Å²) < 4.78 is 0. The van der Waals surface area contributed by atoms with Crippen LogP contribution in [0.3, 0.4) is 0 Å². The molecule has 4 atom stereocenters. The van der Waals surface area contributed by atoms with Gasteiger partial charge in [0, 0.05) is 6.04 Å². The third-order valence-corrected chi connectivity index (χ3v) is 5.24. The van der Waals surface area contributed by atoms with Gasteiger partial charge >= 0.3 is 0 Å². The lowest BCUT2D eigenvalue weighted by molar-refractivity contribution is -0.300. The fraction of sp³-hybridized carbons (Fsp3) is 1.00. The molecule has 2 bridgehead atoms. The van der Waals surface area contributed by atoms with E-state index in [2.05, 4.69) is 10.8 Å². The quantitative estimate of drug-likeness (QED) is 0.591. The molecule has 2 aliphatic heterocycles. The van der Waals surface area contributed by atoms with Crippen LogP contribution < -0.4 is 10.8 Å². The first kappa shape index (κ1) is 10.7. The summed E-state index contributed by atoms with van der Waals surface area (Å²) in [5.74, 6) is 0. The Kier molecular flexibility index (Phi) is 2.15. The van der Waals surface area contributed by atoms with Crippen LogP contribution in [0, 0.1) is 0 Å². The third kappa shape index (κ3) is 1.17. The summed E-state index contributed by atoms with van der Waals surface area (Å²) in [5.41, 5.74) is 2.31. The molecule has 0 aromatic heterocycles. The van der Waals surface area contributed by atoms with Crippen LogP contribution in [-0.2, 0) is 4.84 Å². The minimum absolute atomic E-state index is 0.271. The van der Waals surface area contributed by atoms with Gasteiger partial charge in [0.1, 0.15) is 5.66 Å². The van der Waals surface area contributed by atoms with Crippen LogP contribution in [-0.4, -0.2) is 33.7 Å². The van der Waals surface area contributed by atoms with E-state index in [9.17, 15) is 5.21 Å². The van der Waals surface area contributed by atoms with E-state index in [1.807, 2.05) is 0 Å². The average molecular weight is 239 g/mol. The third-order valence-electron chi connectivity index (χ3n) is 5.24. The summed E-state index contributed by atoms with van der Waals surface area (Å²) in [4.78, 5) is 5.90. The van der Waals surface area contributed by atoms with Crippen LogP contribution in [0.2, 0.25) is 0 Å². The van der Waals surface area contributed by atoms with Crippen LogP contribution in [0.25, 0.3) is 0 Å². The molecule has 96 valence electrons. The van der Waals surface area contributed by atoms with Crippen molar-refractivity contribution in [1.82, 2.24) is 15.9 Å². The molecule has 0 radical (unpaired) electrons. The molecule has 3 N–H and O–H groups in total. The van der Waals surface area contributed by atoms with E-state index in [0.29, 0.717) is 6.04 Å². The topological polar surface area (TPSA) is 56.8 Å². The number of nitrogens with zero attached hydrogens (tertiary/aromatic N) is 1. The van der Waals surface area contributed by atoms with Gasteiger partial charge < -0.3 is 10.5 Å². The molecule has 0 amide bonds. The van der Waals surface area contributed by atoms with Gasteiger partial charge in [-0.15, -0.1) is 5.06 Å². The van der Waals surface area contributed by atoms with E-state index in [1.165, 1.54) is 12.8 Å². The molecule has 17 heavy (non-hydrogen) atoms. The van der Waals surface area contributed by atoms with E-state index in [-0.39, 0.29) is 11.7 Å². The second-order valence-corrected chi connectivity index (χ2v) is 6.05. The minimum atomic E-state index is -0.508. The number of hydrogen-bond donors (Lipinski definition) is 3. The van der Waals surface area contributed by atoms with Gasteiger partial charge in [-0.1, -0.05) is 12.8 Å². The van der Waals surface area contributed by atoms with Gasteiger partial charge in [0.15, 0.2) is 5.72 Å².